The van der Waals surface area contributed by atoms with E-state index in [0.717, 1.165) is 13.1 Å². The zero-order chi connectivity index (χ0) is 19.3. The highest BCUT2D eigenvalue weighted by molar-refractivity contribution is 5.96. The van der Waals surface area contributed by atoms with Crippen LogP contribution in [-0.2, 0) is 32.2 Å². The van der Waals surface area contributed by atoms with E-state index in [9.17, 15) is 9.59 Å². The third-order valence-electron chi connectivity index (χ3n) is 3.96. The number of esters is 1. The molecule has 2 rings (SSSR count). The fourth-order valence-electron chi connectivity index (χ4n) is 2.70. The summed E-state index contributed by atoms with van der Waals surface area (Å²) in [5, 5.41) is 0. The van der Waals surface area contributed by atoms with Crippen LogP contribution in [0.1, 0.15) is 24.5 Å². The van der Waals surface area contributed by atoms with Crippen molar-refractivity contribution in [2.45, 2.75) is 26.4 Å². The molecule has 144 valence electrons. The topological polar surface area (TPSA) is 55.8 Å². The Morgan fingerprint density at radius 1 is 0.889 bits per heavy atom. The lowest BCUT2D eigenvalue weighted by atomic mass is 10.1. The second-order valence-electron chi connectivity index (χ2n) is 6.25. The fraction of sp³-hybridized carbons (Fsp3) is 0.364. The molecule has 0 unspecified atom stereocenters. The Labute approximate surface area is 160 Å². The maximum Gasteiger partial charge on any atom is 0.313 e. The number of ether oxygens (including phenoxy) is 2. The highest BCUT2D eigenvalue weighted by Gasteiger charge is 2.11. The summed E-state index contributed by atoms with van der Waals surface area (Å²) in [4.78, 5) is 25.3. The van der Waals surface area contributed by atoms with Gasteiger partial charge in [0.25, 0.3) is 0 Å². The average Bonchev–Trinajstić information content (AvgIpc) is 2.67. The number of nitrogens with zero attached hydrogens (tertiary/aromatic N) is 1. The molecule has 0 saturated carbocycles. The van der Waals surface area contributed by atoms with E-state index in [0.29, 0.717) is 13.2 Å². The lowest BCUT2D eigenvalue weighted by molar-refractivity contribution is -0.146. The average molecular weight is 369 g/mol. The lowest BCUT2D eigenvalue weighted by Crippen LogP contribution is -2.28. The summed E-state index contributed by atoms with van der Waals surface area (Å²) in [7, 11) is 0. The molecule has 5 heteroatoms. The van der Waals surface area contributed by atoms with E-state index in [1.165, 1.54) is 11.1 Å². The van der Waals surface area contributed by atoms with E-state index in [-0.39, 0.29) is 25.4 Å². The van der Waals surface area contributed by atoms with Crippen molar-refractivity contribution in [3.05, 3.63) is 71.8 Å². The third kappa shape index (κ3) is 8.62. The van der Waals surface area contributed by atoms with Crippen molar-refractivity contribution >= 4 is 11.8 Å². The predicted octanol–water partition coefficient (Wildman–Crippen LogP) is 3.23. The van der Waals surface area contributed by atoms with Gasteiger partial charge in [-0.15, -0.1) is 0 Å². The molecule has 0 aromatic heterocycles. The molecule has 0 aliphatic carbocycles. The Morgan fingerprint density at radius 2 is 1.44 bits per heavy atom. The Morgan fingerprint density at radius 3 is 1.96 bits per heavy atom. The van der Waals surface area contributed by atoms with Gasteiger partial charge >= 0.3 is 5.97 Å². The van der Waals surface area contributed by atoms with Crippen LogP contribution in [0.2, 0.25) is 0 Å². The molecular formula is C22H27NO4. The number of ketones is 1. The van der Waals surface area contributed by atoms with Gasteiger partial charge < -0.3 is 9.47 Å². The van der Waals surface area contributed by atoms with Crippen molar-refractivity contribution in [2.75, 3.05) is 26.4 Å². The van der Waals surface area contributed by atoms with E-state index in [1.807, 2.05) is 36.4 Å². The van der Waals surface area contributed by atoms with Crippen molar-refractivity contribution in [3.63, 3.8) is 0 Å². The number of benzene rings is 2. The molecule has 0 heterocycles. The molecule has 27 heavy (non-hydrogen) atoms. The van der Waals surface area contributed by atoms with Crippen molar-refractivity contribution < 1.29 is 19.1 Å². The quantitative estimate of drug-likeness (QED) is 0.327. The number of carbonyl (C=O) groups excluding carboxylic acids is 2. The first-order valence-electron chi connectivity index (χ1n) is 9.22. The Bertz CT molecular complexity index is 646. The minimum absolute atomic E-state index is 0.0661. The molecule has 0 N–H and O–H groups in total. The smallest absolute Gasteiger partial charge is 0.313 e. The predicted molar refractivity (Wildman–Crippen MR) is 104 cm³/mol. The molecule has 0 amide bonds. The van der Waals surface area contributed by atoms with E-state index < -0.39 is 5.97 Å². The summed E-state index contributed by atoms with van der Waals surface area (Å²) in [5.41, 5.74) is 2.46. The Hall–Kier alpha value is -2.50. The van der Waals surface area contributed by atoms with Crippen LogP contribution in [0.25, 0.3) is 0 Å². The minimum atomic E-state index is -0.499. The first-order chi connectivity index (χ1) is 13.2. The fourth-order valence-corrected chi connectivity index (χ4v) is 2.70. The van der Waals surface area contributed by atoms with Crippen LogP contribution < -0.4 is 0 Å². The summed E-state index contributed by atoms with van der Waals surface area (Å²) in [5.74, 6) is -0.757. The number of hydrogen-bond donors (Lipinski definition) is 0. The lowest BCUT2D eigenvalue weighted by Gasteiger charge is -2.22. The molecule has 0 bridgehead atoms. The van der Waals surface area contributed by atoms with Crippen LogP contribution in [0.3, 0.4) is 0 Å². The maximum atomic E-state index is 11.7. The van der Waals surface area contributed by atoms with Gasteiger partial charge in [-0.25, -0.2) is 0 Å². The van der Waals surface area contributed by atoms with E-state index in [1.54, 1.807) is 6.92 Å². The summed E-state index contributed by atoms with van der Waals surface area (Å²) in [6, 6.07) is 20.5. The van der Waals surface area contributed by atoms with Gasteiger partial charge in [-0.05, 0) is 18.1 Å². The van der Waals surface area contributed by atoms with Crippen LogP contribution in [0.15, 0.2) is 60.7 Å². The molecule has 0 radical (unpaired) electrons. The minimum Gasteiger partial charge on any atom is -0.466 e. The van der Waals surface area contributed by atoms with Gasteiger partial charge in [-0.3, -0.25) is 14.5 Å². The van der Waals surface area contributed by atoms with Gasteiger partial charge in [-0.2, -0.15) is 0 Å². The molecule has 5 nitrogen and oxygen atoms in total. The van der Waals surface area contributed by atoms with Gasteiger partial charge in [0.15, 0.2) is 5.78 Å². The second kappa shape index (κ2) is 12.0. The van der Waals surface area contributed by atoms with Crippen LogP contribution in [-0.4, -0.2) is 43.0 Å². The number of carbonyl (C=O) groups is 2. The third-order valence-corrected chi connectivity index (χ3v) is 3.96. The van der Waals surface area contributed by atoms with Gasteiger partial charge in [0, 0.05) is 19.6 Å². The first kappa shape index (κ1) is 20.8. The molecular weight excluding hydrogens is 342 g/mol. The normalized spacial score (nSPS) is 10.7. The highest BCUT2D eigenvalue weighted by atomic mass is 16.5. The Balaban J connectivity index is 1.81. The molecule has 2 aromatic carbocycles. The van der Waals surface area contributed by atoms with E-state index >= 15 is 0 Å². The van der Waals surface area contributed by atoms with Crippen LogP contribution >= 0.6 is 0 Å². The van der Waals surface area contributed by atoms with Gasteiger partial charge in [0.1, 0.15) is 13.0 Å². The zero-order valence-corrected chi connectivity index (χ0v) is 15.8. The van der Waals surface area contributed by atoms with Crippen LogP contribution in [0, 0.1) is 0 Å². The largest absolute Gasteiger partial charge is 0.466 e. The van der Waals surface area contributed by atoms with Crippen LogP contribution in [0.4, 0.5) is 0 Å². The second-order valence-corrected chi connectivity index (χ2v) is 6.25. The molecule has 0 spiro atoms. The van der Waals surface area contributed by atoms with Crippen molar-refractivity contribution in [1.82, 2.24) is 4.90 Å². The highest BCUT2D eigenvalue weighted by Crippen LogP contribution is 2.09. The summed E-state index contributed by atoms with van der Waals surface area (Å²) in [6.07, 6.45) is -0.231. The SMILES string of the molecule is CCOC(=O)CC(=O)COCCN(Cc1ccccc1)Cc1ccccc1. The molecule has 0 atom stereocenters. The molecule has 0 aliphatic rings. The van der Waals surface area contributed by atoms with E-state index in [4.69, 9.17) is 9.47 Å². The number of rotatable bonds is 12. The maximum absolute atomic E-state index is 11.7. The Kier molecular flexibility index (Phi) is 9.24. The molecule has 0 aliphatic heterocycles. The summed E-state index contributed by atoms with van der Waals surface area (Å²) < 4.78 is 10.2. The number of hydrogen-bond acceptors (Lipinski definition) is 5. The standard InChI is InChI=1S/C22H27NO4/c1-2-27-22(25)15-21(24)18-26-14-13-23(16-19-9-5-3-6-10-19)17-20-11-7-4-8-12-20/h3-12H,2,13-18H2,1H3. The van der Waals surface area contributed by atoms with Crippen LogP contribution in [0.5, 0.6) is 0 Å². The van der Waals surface area contributed by atoms with Gasteiger partial charge in [0.2, 0.25) is 0 Å². The summed E-state index contributed by atoms with van der Waals surface area (Å²) >= 11 is 0. The van der Waals surface area contributed by atoms with Crippen molar-refractivity contribution in [2.24, 2.45) is 0 Å². The first-order valence-corrected chi connectivity index (χ1v) is 9.22. The monoisotopic (exact) mass is 369 g/mol. The molecule has 0 fully saturated rings. The van der Waals surface area contributed by atoms with Gasteiger partial charge in [0.05, 0.1) is 13.2 Å². The van der Waals surface area contributed by atoms with Crippen molar-refractivity contribution in [1.29, 1.82) is 0 Å². The summed E-state index contributed by atoms with van der Waals surface area (Å²) in [6.45, 7) is 4.65. The van der Waals surface area contributed by atoms with Gasteiger partial charge in [-0.1, -0.05) is 60.7 Å². The van der Waals surface area contributed by atoms with E-state index in [2.05, 4.69) is 29.2 Å². The molecule has 2 aromatic rings. The zero-order valence-electron chi connectivity index (χ0n) is 15.8. The molecule has 0 saturated heterocycles. The van der Waals surface area contributed by atoms with Crippen molar-refractivity contribution in [3.8, 4) is 0 Å². The number of Topliss-reactive ketones (excluding diaryl/α,β-unsaturated/α-hetero) is 1.